The molecule has 7 heteroatoms. The van der Waals surface area contributed by atoms with E-state index in [2.05, 4.69) is 15.3 Å². The Bertz CT molecular complexity index is 660. The standard InChI is InChI=1S/C13H9Cl2N3OS/c14-11-10(12(15)17-6-16-11)18-13(19)8-5-20-9-4-2-1-3-7(8)9/h1-4,6,8H,5H2,(H,18,19). The zero-order chi connectivity index (χ0) is 14.1. The molecule has 2 aromatic rings. The average Bonchev–Trinajstić information content (AvgIpc) is 2.87. The molecule has 3 rings (SSSR count). The predicted molar refractivity (Wildman–Crippen MR) is 80.6 cm³/mol. The van der Waals surface area contributed by atoms with Crippen molar-refractivity contribution in [3.05, 3.63) is 46.5 Å². The zero-order valence-corrected chi connectivity index (χ0v) is 12.5. The molecular weight excluding hydrogens is 317 g/mol. The summed E-state index contributed by atoms with van der Waals surface area (Å²) in [6.45, 7) is 0. The molecule has 0 saturated heterocycles. The Morgan fingerprint density at radius 1 is 1.25 bits per heavy atom. The van der Waals surface area contributed by atoms with Crippen LogP contribution in [0.15, 0.2) is 35.5 Å². The summed E-state index contributed by atoms with van der Waals surface area (Å²) < 4.78 is 0. The summed E-state index contributed by atoms with van der Waals surface area (Å²) in [5.74, 6) is 0.332. The van der Waals surface area contributed by atoms with Gasteiger partial charge in [-0.05, 0) is 11.6 Å². The summed E-state index contributed by atoms with van der Waals surface area (Å²) in [7, 11) is 0. The third-order valence-corrected chi connectivity index (χ3v) is 4.78. The Balaban J connectivity index is 1.85. The fraction of sp³-hybridized carbons (Fsp3) is 0.154. The van der Waals surface area contributed by atoms with E-state index < -0.39 is 0 Å². The van der Waals surface area contributed by atoms with Gasteiger partial charge in [-0.15, -0.1) is 11.8 Å². The molecule has 102 valence electrons. The molecule has 4 nitrogen and oxygen atoms in total. The molecule has 0 aliphatic carbocycles. The SMILES string of the molecule is O=C(Nc1c(Cl)ncnc1Cl)C1CSc2ccccc21. The Morgan fingerprint density at radius 2 is 1.95 bits per heavy atom. The molecule has 1 unspecified atom stereocenters. The van der Waals surface area contributed by atoms with Crippen molar-refractivity contribution < 1.29 is 4.79 Å². The molecule has 1 aromatic heterocycles. The third kappa shape index (κ3) is 2.49. The van der Waals surface area contributed by atoms with Crippen molar-refractivity contribution in [1.82, 2.24) is 9.97 Å². The van der Waals surface area contributed by atoms with Gasteiger partial charge in [0.25, 0.3) is 0 Å². The minimum atomic E-state index is -0.219. The highest BCUT2D eigenvalue weighted by Crippen LogP contribution is 2.40. The summed E-state index contributed by atoms with van der Waals surface area (Å²) in [6, 6.07) is 7.87. The predicted octanol–water partition coefficient (Wildman–Crippen LogP) is 3.61. The number of benzene rings is 1. The van der Waals surface area contributed by atoms with Crippen LogP contribution in [0, 0.1) is 0 Å². The smallest absolute Gasteiger partial charge is 0.232 e. The normalized spacial score (nSPS) is 16.8. The largest absolute Gasteiger partial charge is 0.320 e. The summed E-state index contributed by atoms with van der Waals surface area (Å²) in [5, 5.41) is 2.99. The van der Waals surface area contributed by atoms with E-state index in [9.17, 15) is 4.79 Å². The van der Waals surface area contributed by atoms with Crippen LogP contribution in [0.4, 0.5) is 5.69 Å². The molecule has 2 heterocycles. The van der Waals surface area contributed by atoms with E-state index in [-0.39, 0.29) is 27.8 Å². The van der Waals surface area contributed by atoms with Gasteiger partial charge in [-0.2, -0.15) is 0 Å². The van der Waals surface area contributed by atoms with Gasteiger partial charge < -0.3 is 5.32 Å². The highest BCUT2D eigenvalue weighted by atomic mass is 35.5. The topological polar surface area (TPSA) is 54.9 Å². The molecule has 1 N–H and O–H groups in total. The second-order valence-corrected chi connectivity index (χ2v) is 6.00. The quantitative estimate of drug-likeness (QED) is 0.857. The van der Waals surface area contributed by atoms with Gasteiger partial charge in [0.15, 0.2) is 10.3 Å². The van der Waals surface area contributed by atoms with Crippen LogP contribution in [0.25, 0.3) is 0 Å². The first-order valence-corrected chi connectivity index (χ1v) is 7.59. The van der Waals surface area contributed by atoms with Crippen LogP contribution in [-0.2, 0) is 4.79 Å². The number of hydrogen-bond donors (Lipinski definition) is 1. The fourth-order valence-corrected chi connectivity index (χ4v) is 3.68. The number of carbonyl (C=O) groups excluding carboxylic acids is 1. The number of aromatic nitrogens is 2. The van der Waals surface area contributed by atoms with Crippen molar-refractivity contribution in [3.63, 3.8) is 0 Å². The van der Waals surface area contributed by atoms with Crippen LogP contribution >= 0.6 is 35.0 Å². The Kier molecular flexibility index (Phi) is 3.83. The van der Waals surface area contributed by atoms with Gasteiger partial charge >= 0.3 is 0 Å². The maximum absolute atomic E-state index is 12.4. The Labute approximate surface area is 129 Å². The number of amides is 1. The monoisotopic (exact) mass is 325 g/mol. The zero-order valence-electron chi connectivity index (χ0n) is 10.1. The highest BCUT2D eigenvalue weighted by molar-refractivity contribution is 7.99. The second kappa shape index (κ2) is 5.60. The lowest BCUT2D eigenvalue weighted by atomic mass is 10.0. The minimum absolute atomic E-state index is 0.136. The number of thioether (sulfide) groups is 1. The van der Waals surface area contributed by atoms with Crippen molar-refractivity contribution in [1.29, 1.82) is 0 Å². The van der Waals surface area contributed by atoms with Gasteiger partial charge in [0.05, 0.1) is 5.92 Å². The molecule has 1 aromatic carbocycles. The maximum Gasteiger partial charge on any atom is 0.232 e. The third-order valence-electron chi connectivity index (χ3n) is 3.02. The van der Waals surface area contributed by atoms with Gasteiger partial charge in [0, 0.05) is 10.6 Å². The summed E-state index contributed by atoms with van der Waals surface area (Å²) in [6.07, 6.45) is 1.25. The first kappa shape index (κ1) is 13.7. The molecule has 20 heavy (non-hydrogen) atoms. The van der Waals surface area contributed by atoms with E-state index in [1.165, 1.54) is 6.33 Å². The van der Waals surface area contributed by atoms with Gasteiger partial charge in [0.2, 0.25) is 5.91 Å². The summed E-state index contributed by atoms with van der Waals surface area (Å²) in [5.41, 5.74) is 1.29. The lowest BCUT2D eigenvalue weighted by Crippen LogP contribution is -2.21. The maximum atomic E-state index is 12.4. The van der Waals surface area contributed by atoms with Crippen LogP contribution < -0.4 is 5.32 Å². The van der Waals surface area contributed by atoms with Crippen LogP contribution in [0.3, 0.4) is 0 Å². The van der Waals surface area contributed by atoms with Gasteiger partial charge in [-0.3, -0.25) is 4.79 Å². The number of nitrogens with zero attached hydrogens (tertiary/aromatic N) is 2. The Morgan fingerprint density at radius 3 is 2.70 bits per heavy atom. The van der Waals surface area contributed by atoms with E-state index in [0.29, 0.717) is 5.75 Å². The molecule has 1 amide bonds. The van der Waals surface area contributed by atoms with Crippen molar-refractivity contribution >= 4 is 46.6 Å². The fourth-order valence-electron chi connectivity index (χ4n) is 2.04. The van der Waals surface area contributed by atoms with E-state index in [4.69, 9.17) is 23.2 Å². The molecular formula is C13H9Cl2N3OS. The number of halogens is 2. The molecule has 1 aliphatic heterocycles. The van der Waals surface area contributed by atoms with E-state index in [1.807, 2.05) is 24.3 Å². The van der Waals surface area contributed by atoms with Crippen molar-refractivity contribution in [3.8, 4) is 0 Å². The van der Waals surface area contributed by atoms with Crippen molar-refractivity contribution in [2.75, 3.05) is 11.1 Å². The molecule has 0 bridgehead atoms. The van der Waals surface area contributed by atoms with E-state index in [0.717, 1.165) is 10.5 Å². The first-order chi connectivity index (χ1) is 9.66. The number of anilines is 1. The molecule has 0 spiro atoms. The lowest BCUT2D eigenvalue weighted by molar-refractivity contribution is -0.117. The van der Waals surface area contributed by atoms with Crippen LogP contribution in [-0.4, -0.2) is 21.6 Å². The summed E-state index contributed by atoms with van der Waals surface area (Å²) >= 11 is 13.5. The van der Waals surface area contributed by atoms with Crippen LogP contribution in [0.5, 0.6) is 0 Å². The molecule has 0 saturated carbocycles. The van der Waals surface area contributed by atoms with Gasteiger partial charge in [0.1, 0.15) is 12.0 Å². The number of rotatable bonds is 2. The second-order valence-electron chi connectivity index (χ2n) is 4.22. The molecule has 1 aliphatic rings. The van der Waals surface area contributed by atoms with E-state index in [1.54, 1.807) is 11.8 Å². The van der Waals surface area contributed by atoms with Crippen LogP contribution in [0.1, 0.15) is 11.5 Å². The number of carbonyl (C=O) groups is 1. The van der Waals surface area contributed by atoms with Gasteiger partial charge in [-0.25, -0.2) is 9.97 Å². The molecule has 0 fully saturated rings. The highest BCUT2D eigenvalue weighted by Gasteiger charge is 2.29. The van der Waals surface area contributed by atoms with E-state index >= 15 is 0 Å². The Hall–Kier alpha value is -1.30. The van der Waals surface area contributed by atoms with Crippen LogP contribution in [0.2, 0.25) is 10.3 Å². The molecule has 0 radical (unpaired) electrons. The average molecular weight is 326 g/mol. The lowest BCUT2D eigenvalue weighted by Gasteiger charge is -2.12. The number of nitrogens with one attached hydrogen (secondary N) is 1. The molecule has 1 atom stereocenters. The van der Waals surface area contributed by atoms with Gasteiger partial charge in [-0.1, -0.05) is 41.4 Å². The minimum Gasteiger partial charge on any atom is -0.320 e. The summed E-state index contributed by atoms with van der Waals surface area (Å²) in [4.78, 5) is 21.1. The number of hydrogen-bond acceptors (Lipinski definition) is 4. The van der Waals surface area contributed by atoms with Crippen molar-refractivity contribution in [2.24, 2.45) is 0 Å². The first-order valence-electron chi connectivity index (χ1n) is 5.85. The number of fused-ring (bicyclic) bond motifs is 1. The van der Waals surface area contributed by atoms with Crippen molar-refractivity contribution in [2.45, 2.75) is 10.8 Å².